The van der Waals surface area contributed by atoms with Gasteiger partial charge >= 0.3 is 0 Å². The number of carbonyl (C=O) groups is 1. The van der Waals surface area contributed by atoms with Crippen LogP contribution in [0.1, 0.15) is 54.0 Å². The molecule has 17 heavy (non-hydrogen) atoms. The summed E-state index contributed by atoms with van der Waals surface area (Å²) in [7, 11) is 0. The molecule has 94 valence electrons. The van der Waals surface area contributed by atoms with Crippen molar-refractivity contribution < 1.29 is 4.79 Å². The Kier molecular flexibility index (Phi) is 3.67. The van der Waals surface area contributed by atoms with Gasteiger partial charge in [0.25, 0.3) is 0 Å². The fourth-order valence-corrected chi connectivity index (χ4v) is 2.43. The molecule has 1 N–H and O–H groups in total. The van der Waals surface area contributed by atoms with Crippen LogP contribution in [0.2, 0.25) is 0 Å². The van der Waals surface area contributed by atoms with E-state index < -0.39 is 0 Å². The van der Waals surface area contributed by atoms with Gasteiger partial charge in [-0.25, -0.2) is 0 Å². The first-order valence-electron chi connectivity index (χ1n) is 6.57. The molecule has 0 atom stereocenters. The van der Waals surface area contributed by atoms with Gasteiger partial charge in [-0.1, -0.05) is 6.92 Å². The van der Waals surface area contributed by atoms with Crippen LogP contribution in [0.5, 0.6) is 0 Å². The SMILES string of the molecule is CCCNCC(=O)c1cc(C)n(C2CC2)c1C. The van der Waals surface area contributed by atoms with Crippen molar-refractivity contribution in [2.24, 2.45) is 0 Å². The molecule has 1 saturated carbocycles. The molecular formula is C14H22N2O. The minimum atomic E-state index is 0.221. The van der Waals surface area contributed by atoms with Crippen LogP contribution in [0.25, 0.3) is 0 Å². The molecule has 3 heteroatoms. The first-order chi connectivity index (χ1) is 8.15. The van der Waals surface area contributed by atoms with E-state index in [-0.39, 0.29) is 5.78 Å². The van der Waals surface area contributed by atoms with Crippen molar-refractivity contribution in [3.8, 4) is 0 Å². The lowest BCUT2D eigenvalue weighted by molar-refractivity contribution is 0.0990. The van der Waals surface area contributed by atoms with Gasteiger partial charge in [0, 0.05) is 23.0 Å². The number of hydrogen-bond acceptors (Lipinski definition) is 2. The number of nitrogens with zero attached hydrogens (tertiary/aromatic N) is 1. The van der Waals surface area contributed by atoms with Gasteiger partial charge in [-0.15, -0.1) is 0 Å². The maximum Gasteiger partial charge on any atom is 0.178 e. The average Bonchev–Trinajstić information content (AvgIpc) is 3.06. The van der Waals surface area contributed by atoms with Crippen LogP contribution in [0, 0.1) is 13.8 Å². The number of hydrogen-bond donors (Lipinski definition) is 1. The molecule has 1 aromatic rings. The number of nitrogens with one attached hydrogen (secondary N) is 1. The highest BCUT2D eigenvalue weighted by Crippen LogP contribution is 2.38. The summed E-state index contributed by atoms with van der Waals surface area (Å²) in [6.07, 6.45) is 3.59. The predicted octanol–water partition coefficient (Wildman–Crippen LogP) is 2.62. The number of rotatable bonds is 6. The van der Waals surface area contributed by atoms with E-state index in [1.807, 2.05) is 6.07 Å². The third kappa shape index (κ3) is 2.60. The minimum absolute atomic E-state index is 0.221. The van der Waals surface area contributed by atoms with Gasteiger partial charge in [0.05, 0.1) is 6.54 Å². The van der Waals surface area contributed by atoms with Crippen LogP contribution in [-0.4, -0.2) is 23.4 Å². The van der Waals surface area contributed by atoms with Gasteiger partial charge in [0.1, 0.15) is 0 Å². The monoisotopic (exact) mass is 234 g/mol. The zero-order chi connectivity index (χ0) is 12.4. The molecule has 0 unspecified atom stereocenters. The first-order valence-corrected chi connectivity index (χ1v) is 6.57. The molecule has 0 bridgehead atoms. The standard InChI is InChI=1S/C14H22N2O/c1-4-7-15-9-14(17)13-8-10(2)16(11(13)3)12-5-6-12/h8,12,15H,4-7,9H2,1-3H3. The van der Waals surface area contributed by atoms with Gasteiger partial charge in [0.2, 0.25) is 0 Å². The second-order valence-corrected chi connectivity index (χ2v) is 4.99. The number of Topliss-reactive ketones (excluding diaryl/α,β-unsaturated/α-hetero) is 1. The molecule has 1 heterocycles. The van der Waals surface area contributed by atoms with Crippen LogP contribution >= 0.6 is 0 Å². The highest BCUT2D eigenvalue weighted by Gasteiger charge is 2.28. The van der Waals surface area contributed by atoms with Gasteiger partial charge in [0.15, 0.2) is 5.78 Å². The summed E-state index contributed by atoms with van der Waals surface area (Å²) in [5.74, 6) is 0.221. The topological polar surface area (TPSA) is 34.0 Å². The van der Waals surface area contributed by atoms with E-state index in [4.69, 9.17) is 0 Å². The lowest BCUT2D eigenvalue weighted by Gasteiger charge is -2.07. The Morgan fingerprint density at radius 3 is 2.76 bits per heavy atom. The number of aromatic nitrogens is 1. The maximum atomic E-state index is 12.1. The van der Waals surface area contributed by atoms with Crippen molar-refractivity contribution in [2.45, 2.75) is 46.1 Å². The Hall–Kier alpha value is -1.09. The van der Waals surface area contributed by atoms with Crippen LogP contribution in [0.15, 0.2) is 6.07 Å². The van der Waals surface area contributed by atoms with E-state index in [9.17, 15) is 4.79 Å². The lowest BCUT2D eigenvalue weighted by Crippen LogP contribution is -2.24. The number of aryl methyl sites for hydroxylation is 1. The zero-order valence-electron chi connectivity index (χ0n) is 11.0. The minimum Gasteiger partial charge on any atom is -0.345 e. The van der Waals surface area contributed by atoms with Crippen molar-refractivity contribution in [1.82, 2.24) is 9.88 Å². The molecule has 3 nitrogen and oxygen atoms in total. The number of ketones is 1. The lowest BCUT2D eigenvalue weighted by atomic mass is 10.1. The average molecular weight is 234 g/mol. The van der Waals surface area contributed by atoms with E-state index in [2.05, 4.69) is 30.7 Å². The Morgan fingerprint density at radius 2 is 2.18 bits per heavy atom. The highest BCUT2D eigenvalue weighted by molar-refractivity contribution is 5.99. The molecule has 0 spiro atoms. The molecule has 1 aliphatic rings. The van der Waals surface area contributed by atoms with E-state index in [0.717, 1.165) is 24.2 Å². The summed E-state index contributed by atoms with van der Waals surface area (Å²) >= 11 is 0. The van der Waals surface area contributed by atoms with Crippen molar-refractivity contribution in [2.75, 3.05) is 13.1 Å². The second kappa shape index (κ2) is 5.05. The first kappa shape index (κ1) is 12.4. The van der Waals surface area contributed by atoms with E-state index in [1.165, 1.54) is 18.5 Å². The Morgan fingerprint density at radius 1 is 1.47 bits per heavy atom. The van der Waals surface area contributed by atoms with Crippen LogP contribution < -0.4 is 5.32 Å². The predicted molar refractivity (Wildman–Crippen MR) is 69.7 cm³/mol. The highest BCUT2D eigenvalue weighted by atomic mass is 16.1. The summed E-state index contributed by atoms with van der Waals surface area (Å²) < 4.78 is 2.33. The second-order valence-electron chi connectivity index (χ2n) is 4.99. The van der Waals surface area contributed by atoms with Crippen molar-refractivity contribution in [3.63, 3.8) is 0 Å². The van der Waals surface area contributed by atoms with Crippen molar-refractivity contribution in [3.05, 3.63) is 23.0 Å². The molecular weight excluding hydrogens is 212 g/mol. The summed E-state index contributed by atoms with van der Waals surface area (Å²) in [5.41, 5.74) is 3.27. The van der Waals surface area contributed by atoms with Gasteiger partial charge in [-0.2, -0.15) is 0 Å². The molecule has 1 aromatic heterocycles. The molecule has 0 saturated heterocycles. The normalized spacial score (nSPS) is 15.2. The van der Waals surface area contributed by atoms with Crippen LogP contribution in [0.3, 0.4) is 0 Å². The van der Waals surface area contributed by atoms with Gasteiger partial charge < -0.3 is 9.88 Å². The van der Waals surface area contributed by atoms with Crippen molar-refractivity contribution >= 4 is 5.78 Å². The quantitative estimate of drug-likeness (QED) is 0.606. The molecule has 0 radical (unpaired) electrons. The van der Waals surface area contributed by atoms with Crippen LogP contribution in [-0.2, 0) is 0 Å². The molecule has 0 amide bonds. The summed E-state index contributed by atoms with van der Waals surface area (Å²) in [6.45, 7) is 7.65. The molecule has 1 aliphatic carbocycles. The smallest absolute Gasteiger partial charge is 0.178 e. The number of carbonyl (C=O) groups excluding carboxylic acids is 1. The fraction of sp³-hybridized carbons (Fsp3) is 0.643. The maximum absolute atomic E-state index is 12.1. The zero-order valence-corrected chi connectivity index (χ0v) is 11.0. The summed E-state index contributed by atoms with van der Waals surface area (Å²) in [4.78, 5) is 12.1. The largest absolute Gasteiger partial charge is 0.345 e. The Balaban J connectivity index is 2.10. The van der Waals surface area contributed by atoms with Crippen LogP contribution in [0.4, 0.5) is 0 Å². The molecule has 2 rings (SSSR count). The van der Waals surface area contributed by atoms with E-state index in [1.54, 1.807) is 0 Å². The summed E-state index contributed by atoms with van der Waals surface area (Å²) in [5, 5.41) is 3.18. The Labute approximate surface area is 103 Å². The molecule has 1 fully saturated rings. The molecule has 0 aliphatic heterocycles. The summed E-state index contributed by atoms with van der Waals surface area (Å²) in [6, 6.07) is 2.70. The van der Waals surface area contributed by atoms with E-state index in [0.29, 0.717) is 12.6 Å². The third-order valence-corrected chi connectivity index (χ3v) is 3.41. The van der Waals surface area contributed by atoms with Gasteiger partial charge in [-0.05, 0) is 45.7 Å². The fourth-order valence-electron chi connectivity index (χ4n) is 2.43. The van der Waals surface area contributed by atoms with Crippen molar-refractivity contribution in [1.29, 1.82) is 0 Å². The van der Waals surface area contributed by atoms with E-state index >= 15 is 0 Å². The third-order valence-electron chi connectivity index (χ3n) is 3.41. The van der Waals surface area contributed by atoms with Gasteiger partial charge in [-0.3, -0.25) is 4.79 Å². The molecule has 0 aromatic carbocycles. The Bertz CT molecular complexity index is 416.